The molecule has 13 heavy (non-hydrogen) atoms. The van der Waals surface area contributed by atoms with E-state index in [-0.39, 0.29) is 12.2 Å². The smallest absolute Gasteiger partial charge is 0.389 e. The molecule has 0 amide bonds. The number of aromatic hydroxyl groups is 1. The maximum absolute atomic E-state index is 11.8. The Hall–Kier alpha value is -1.19. The number of alkyl halides is 3. The monoisotopic (exact) mass is 190 g/mol. The lowest BCUT2D eigenvalue weighted by atomic mass is 10.1. The van der Waals surface area contributed by atoms with Gasteiger partial charge in [0.15, 0.2) is 0 Å². The van der Waals surface area contributed by atoms with Gasteiger partial charge in [0, 0.05) is 6.42 Å². The maximum Gasteiger partial charge on any atom is 0.389 e. The number of phenols is 1. The van der Waals surface area contributed by atoms with E-state index >= 15 is 0 Å². The molecule has 1 rings (SSSR count). The van der Waals surface area contributed by atoms with Gasteiger partial charge in [-0.2, -0.15) is 13.2 Å². The van der Waals surface area contributed by atoms with Crippen molar-refractivity contribution >= 4 is 0 Å². The van der Waals surface area contributed by atoms with E-state index in [1.54, 1.807) is 12.1 Å². The summed E-state index contributed by atoms with van der Waals surface area (Å²) >= 11 is 0. The van der Waals surface area contributed by atoms with Crippen LogP contribution in [0.2, 0.25) is 0 Å². The second kappa shape index (κ2) is 3.68. The molecule has 1 aromatic rings. The molecule has 0 saturated heterocycles. The van der Waals surface area contributed by atoms with Crippen LogP contribution in [0.25, 0.3) is 0 Å². The average Bonchev–Trinajstić information content (AvgIpc) is 2.01. The van der Waals surface area contributed by atoms with Crippen LogP contribution in [0.5, 0.6) is 5.75 Å². The average molecular weight is 190 g/mol. The van der Waals surface area contributed by atoms with Gasteiger partial charge in [-0.05, 0) is 18.1 Å². The highest BCUT2D eigenvalue weighted by Crippen LogP contribution is 2.25. The Morgan fingerprint density at radius 2 is 1.77 bits per heavy atom. The van der Waals surface area contributed by atoms with E-state index in [9.17, 15) is 13.2 Å². The van der Waals surface area contributed by atoms with E-state index in [4.69, 9.17) is 5.11 Å². The summed E-state index contributed by atoms with van der Waals surface area (Å²) in [6, 6.07) is 6.05. The van der Waals surface area contributed by atoms with E-state index in [2.05, 4.69) is 0 Å². The van der Waals surface area contributed by atoms with Crippen LogP contribution in [-0.2, 0) is 6.42 Å². The van der Waals surface area contributed by atoms with E-state index in [0.29, 0.717) is 5.56 Å². The van der Waals surface area contributed by atoms with Crippen LogP contribution in [-0.4, -0.2) is 11.3 Å². The Kier molecular flexibility index (Phi) is 2.80. The summed E-state index contributed by atoms with van der Waals surface area (Å²) in [5, 5.41) is 9.14. The van der Waals surface area contributed by atoms with E-state index < -0.39 is 12.6 Å². The lowest BCUT2D eigenvalue weighted by molar-refractivity contribution is -0.134. The van der Waals surface area contributed by atoms with Crippen LogP contribution in [0.3, 0.4) is 0 Å². The van der Waals surface area contributed by atoms with Crippen LogP contribution in [0.15, 0.2) is 24.3 Å². The second-order valence-corrected chi connectivity index (χ2v) is 2.74. The van der Waals surface area contributed by atoms with Crippen molar-refractivity contribution in [3.63, 3.8) is 0 Å². The van der Waals surface area contributed by atoms with Crippen molar-refractivity contribution in [2.24, 2.45) is 0 Å². The van der Waals surface area contributed by atoms with Crippen molar-refractivity contribution < 1.29 is 18.3 Å². The molecule has 0 radical (unpaired) electrons. The number of benzene rings is 1. The molecule has 0 bridgehead atoms. The minimum atomic E-state index is -4.16. The first-order valence-corrected chi connectivity index (χ1v) is 3.83. The molecule has 1 aromatic carbocycles. The highest BCUT2D eigenvalue weighted by atomic mass is 19.4. The summed E-state index contributed by atoms with van der Waals surface area (Å²) in [6.07, 6.45) is -5.23. The number of phenolic OH excluding ortho intramolecular Hbond substituents is 1. The van der Waals surface area contributed by atoms with Crippen molar-refractivity contribution in [1.29, 1.82) is 0 Å². The second-order valence-electron chi connectivity index (χ2n) is 2.74. The first-order valence-electron chi connectivity index (χ1n) is 3.83. The fourth-order valence-electron chi connectivity index (χ4n) is 0.999. The molecule has 1 nitrogen and oxygen atoms in total. The lowest BCUT2D eigenvalue weighted by Gasteiger charge is -2.06. The third-order valence-electron chi connectivity index (χ3n) is 1.67. The molecule has 0 unspecified atom stereocenters. The molecule has 1 N–H and O–H groups in total. The molecule has 0 aliphatic rings. The summed E-state index contributed by atoms with van der Waals surface area (Å²) in [4.78, 5) is 0. The normalized spacial score (nSPS) is 11.6. The standard InChI is InChI=1S/C9H9F3O/c10-9(11,12)6-5-7-3-1-2-4-8(7)13/h1-4,13H,5-6H2. The third kappa shape index (κ3) is 3.36. The van der Waals surface area contributed by atoms with Gasteiger partial charge >= 0.3 is 6.18 Å². The molecule has 4 heteroatoms. The van der Waals surface area contributed by atoms with Crippen LogP contribution < -0.4 is 0 Å². The Labute approximate surface area is 73.8 Å². The summed E-state index contributed by atoms with van der Waals surface area (Å²) < 4.78 is 35.4. The van der Waals surface area contributed by atoms with E-state index in [1.807, 2.05) is 0 Å². The van der Waals surface area contributed by atoms with Gasteiger partial charge in [-0.15, -0.1) is 0 Å². The van der Waals surface area contributed by atoms with Crippen molar-refractivity contribution in [2.75, 3.05) is 0 Å². The van der Waals surface area contributed by atoms with Gasteiger partial charge in [0.25, 0.3) is 0 Å². The number of hydrogen-bond acceptors (Lipinski definition) is 1. The molecular formula is C9H9F3O. The molecule has 0 heterocycles. The summed E-state index contributed by atoms with van der Waals surface area (Å²) in [5.41, 5.74) is 0.333. The quantitative estimate of drug-likeness (QED) is 0.760. The van der Waals surface area contributed by atoms with Crippen LogP contribution in [0.1, 0.15) is 12.0 Å². The van der Waals surface area contributed by atoms with Crippen LogP contribution >= 0.6 is 0 Å². The predicted octanol–water partition coefficient (Wildman–Crippen LogP) is 2.89. The summed E-state index contributed by atoms with van der Waals surface area (Å²) in [6.45, 7) is 0. The Bertz CT molecular complexity index is 280. The SMILES string of the molecule is Oc1ccccc1CCC(F)(F)F. The molecule has 72 valence electrons. The minimum Gasteiger partial charge on any atom is -0.508 e. The van der Waals surface area contributed by atoms with Crippen LogP contribution in [0, 0.1) is 0 Å². The fourth-order valence-corrected chi connectivity index (χ4v) is 0.999. The van der Waals surface area contributed by atoms with Gasteiger partial charge in [-0.25, -0.2) is 0 Å². The first-order chi connectivity index (χ1) is 5.99. The molecule has 0 aliphatic carbocycles. The topological polar surface area (TPSA) is 20.2 Å². The largest absolute Gasteiger partial charge is 0.508 e. The Balaban J connectivity index is 2.60. The first kappa shape index (κ1) is 9.89. The van der Waals surface area contributed by atoms with E-state index in [0.717, 1.165) is 0 Å². The van der Waals surface area contributed by atoms with Gasteiger partial charge < -0.3 is 5.11 Å². The van der Waals surface area contributed by atoms with Gasteiger partial charge in [-0.3, -0.25) is 0 Å². The van der Waals surface area contributed by atoms with Gasteiger partial charge in [-0.1, -0.05) is 18.2 Å². The van der Waals surface area contributed by atoms with Crippen molar-refractivity contribution in [2.45, 2.75) is 19.0 Å². The lowest BCUT2D eigenvalue weighted by Crippen LogP contribution is -2.08. The summed E-state index contributed by atoms with van der Waals surface area (Å²) in [5.74, 6) is -0.0771. The zero-order valence-electron chi connectivity index (χ0n) is 6.80. The van der Waals surface area contributed by atoms with Crippen molar-refractivity contribution in [1.82, 2.24) is 0 Å². The molecule has 0 saturated carbocycles. The number of halogens is 3. The summed E-state index contributed by atoms with van der Waals surface area (Å²) in [7, 11) is 0. The number of hydrogen-bond donors (Lipinski definition) is 1. The Morgan fingerprint density at radius 3 is 2.31 bits per heavy atom. The molecular weight excluding hydrogens is 181 g/mol. The Morgan fingerprint density at radius 1 is 1.15 bits per heavy atom. The van der Waals surface area contributed by atoms with E-state index in [1.165, 1.54) is 12.1 Å². The highest BCUT2D eigenvalue weighted by Gasteiger charge is 2.26. The predicted molar refractivity (Wildman–Crippen MR) is 42.5 cm³/mol. The zero-order valence-corrected chi connectivity index (χ0v) is 6.80. The molecule has 0 atom stereocenters. The molecule has 0 fully saturated rings. The van der Waals surface area contributed by atoms with Gasteiger partial charge in [0.1, 0.15) is 5.75 Å². The van der Waals surface area contributed by atoms with Crippen molar-refractivity contribution in [3.8, 4) is 5.75 Å². The van der Waals surface area contributed by atoms with Crippen LogP contribution in [0.4, 0.5) is 13.2 Å². The molecule has 0 aliphatic heterocycles. The number of para-hydroxylation sites is 1. The minimum absolute atomic E-state index is 0.0771. The van der Waals surface area contributed by atoms with Crippen molar-refractivity contribution in [3.05, 3.63) is 29.8 Å². The maximum atomic E-state index is 11.8. The zero-order chi connectivity index (χ0) is 9.90. The molecule has 0 spiro atoms. The fraction of sp³-hybridized carbons (Fsp3) is 0.333. The molecule has 0 aromatic heterocycles. The number of aryl methyl sites for hydroxylation is 1. The third-order valence-corrected chi connectivity index (χ3v) is 1.67. The highest BCUT2D eigenvalue weighted by molar-refractivity contribution is 5.31. The number of rotatable bonds is 2. The van der Waals surface area contributed by atoms with Gasteiger partial charge in [0.05, 0.1) is 0 Å². The van der Waals surface area contributed by atoms with Gasteiger partial charge in [0.2, 0.25) is 0 Å².